The zero-order valence-electron chi connectivity index (χ0n) is 9.76. The van der Waals surface area contributed by atoms with Gasteiger partial charge in [-0.05, 0) is 23.8 Å². The van der Waals surface area contributed by atoms with Gasteiger partial charge in [0.15, 0.2) is 0 Å². The first-order valence-electron chi connectivity index (χ1n) is 5.38. The first-order chi connectivity index (χ1) is 9.18. The molecule has 106 valence electrons. The molecule has 0 amide bonds. The van der Waals surface area contributed by atoms with Crippen molar-refractivity contribution < 1.29 is 26.3 Å². The Bertz CT molecular complexity index is 559. The monoisotopic (exact) mass is 291 g/mol. The first-order valence-corrected chi connectivity index (χ1v) is 5.38. The predicted molar refractivity (Wildman–Crippen MR) is 59.7 cm³/mol. The van der Waals surface area contributed by atoms with Gasteiger partial charge in [0.05, 0.1) is 11.1 Å². The van der Waals surface area contributed by atoms with E-state index in [9.17, 15) is 26.3 Å². The molecule has 0 bridgehead atoms. The minimum Gasteiger partial charge on any atom is -0.263 e. The fourth-order valence-corrected chi connectivity index (χ4v) is 1.63. The number of nitrogens with zero attached hydrogens (tertiary/aromatic N) is 1. The van der Waals surface area contributed by atoms with Gasteiger partial charge in [-0.1, -0.05) is 12.1 Å². The first kappa shape index (κ1) is 14.4. The van der Waals surface area contributed by atoms with Gasteiger partial charge >= 0.3 is 12.4 Å². The highest BCUT2D eigenvalue weighted by Gasteiger charge is 2.32. The van der Waals surface area contributed by atoms with Crippen LogP contribution in [0.5, 0.6) is 0 Å². The summed E-state index contributed by atoms with van der Waals surface area (Å²) in [5, 5.41) is 0. The standard InChI is InChI=1S/C13H7F6N/c14-12(15,16)10-3-1-2-8(4-10)9-5-11(7-20-6-9)13(17,18)19/h1-7H. The number of hydrogen-bond donors (Lipinski definition) is 0. The van der Waals surface area contributed by atoms with Crippen molar-refractivity contribution in [1.29, 1.82) is 0 Å². The highest BCUT2D eigenvalue weighted by atomic mass is 19.4. The van der Waals surface area contributed by atoms with Crippen LogP contribution in [0.1, 0.15) is 11.1 Å². The van der Waals surface area contributed by atoms with Crippen molar-refractivity contribution in [1.82, 2.24) is 4.98 Å². The minimum absolute atomic E-state index is 0.0223. The number of aromatic nitrogens is 1. The Morgan fingerprint density at radius 2 is 1.30 bits per heavy atom. The van der Waals surface area contributed by atoms with Gasteiger partial charge in [0.2, 0.25) is 0 Å². The largest absolute Gasteiger partial charge is 0.417 e. The number of alkyl halides is 6. The third kappa shape index (κ3) is 3.09. The molecule has 0 N–H and O–H groups in total. The summed E-state index contributed by atoms with van der Waals surface area (Å²) in [7, 11) is 0. The number of pyridine rings is 1. The van der Waals surface area contributed by atoms with E-state index >= 15 is 0 Å². The average Bonchev–Trinajstić information content (AvgIpc) is 2.37. The molecule has 0 aliphatic carbocycles. The van der Waals surface area contributed by atoms with E-state index in [1.54, 1.807) is 0 Å². The Kier molecular flexibility index (Phi) is 3.45. The quantitative estimate of drug-likeness (QED) is 0.689. The van der Waals surface area contributed by atoms with E-state index in [1.165, 1.54) is 6.07 Å². The van der Waals surface area contributed by atoms with Crippen LogP contribution in [0.3, 0.4) is 0 Å². The second-order valence-corrected chi connectivity index (χ2v) is 4.04. The maximum atomic E-state index is 12.6. The van der Waals surface area contributed by atoms with Crippen LogP contribution < -0.4 is 0 Å². The van der Waals surface area contributed by atoms with Crippen LogP contribution in [0.4, 0.5) is 26.3 Å². The number of hydrogen-bond acceptors (Lipinski definition) is 1. The molecule has 0 unspecified atom stereocenters. The van der Waals surface area contributed by atoms with Gasteiger partial charge in [-0.25, -0.2) is 0 Å². The molecule has 0 aliphatic heterocycles. The van der Waals surface area contributed by atoms with Crippen LogP contribution in [-0.2, 0) is 12.4 Å². The van der Waals surface area contributed by atoms with Gasteiger partial charge in [-0.15, -0.1) is 0 Å². The Balaban J connectivity index is 2.47. The van der Waals surface area contributed by atoms with Crippen molar-refractivity contribution in [3.05, 3.63) is 53.9 Å². The van der Waals surface area contributed by atoms with Crippen molar-refractivity contribution in [2.75, 3.05) is 0 Å². The molecule has 20 heavy (non-hydrogen) atoms. The van der Waals surface area contributed by atoms with Crippen molar-refractivity contribution in [2.45, 2.75) is 12.4 Å². The lowest BCUT2D eigenvalue weighted by Crippen LogP contribution is -2.06. The van der Waals surface area contributed by atoms with E-state index in [0.717, 1.165) is 30.5 Å². The Labute approximate surface area is 109 Å². The van der Waals surface area contributed by atoms with Crippen LogP contribution in [0.2, 0.25) is 0 Å². The van der Waals surface area contributed by atoms with E-state index < -0.39 is 23.5 Å². The second kappa shape index (κ2) is 4.81. The fraction of sp³-hybridized carbons (Fsp3) is 0.154. The third-order valence-corrected chi connectivity index (χ3v) is 2.59. The zero-order valence-corrected chi connectivity index (χ0v) is 9.76. The lowest BCUT2D eigenvalue weighted by Gasteiger charge is -2.10. The molecule has 1 aromatic carbocycles. The highest BCUT2D eigenvalue weighted by molar-refractivity contribution is 5.64. The number of halogens is 6. The van der Waals surface area contributed by atoms with E-state index in [1.807, 2.05) is 0 Å². The van der Waals surface area contributed by atoms with Gasteiger partial charge in [0.25, 0.3) is 0 Å². The molecule has 0 atom stereocenters. The average molecular weight is 291 g/mol. The molecule has 0 spiro atoms. The van der Waals surface area contributed by atoms with E-state index in [-0.39, 0.29) is 11.1 Å². The summed E-state index contributed by atoms with van der Waals surface area (Å²) in [6, 6.07) is 4.84. The van der Waals surface area contributed by atoms with E-state index in [2.05, 4.69) is 4.98 Å². The smallest absolute Gasteiger partial charge is 0.263 e. The SMILES string of the molecule is FC(F)(F)c1cccc(-c2cncc(C(F)(F)F)c2)c1. The minimum atomic E-state index is -4.59. The Hall–Kier alpha value is -2.05. The van der Waals surface area contributed by atoms with Crippen molar-refractivity contribution >= 4 is 0 Å². The summed E-state index contributed by atoms with van der Waals surface area (Å²) in [6.07, 6.45) is -7.43. The topological polar surface area (TPSA) is 12.9 Å². The molecule has 1 heterocycles. The molecule has 1 nitrogen and oxygen atoms in total. The van der Waals surface area contributed by atoms with Gasteiger partial charge in [0.1, 0.15) is 0 Å². The molecular formula is C13H7F6N. The normalized spacial score (nSPS) is 12.5. The molecule has 0 saturated carbocycles. The van der Waals surface area contributed by atoms with Gasteiger partial charge in [-0.3, -0.25) is 4.98 Å². The molecule has 0 saturated heterocycles. The van der Waals surface area contributed by atoms with E-state index in [0.29, 0.717) is 6.20 Å². The summed E-state index contributed by atoms with van der Waals surface area (Å²) in [6.45, 7) is 0. The second-order valence-electron chi connectivity index (χ2n) is 4.04. The lowest BCUT2D eigenvalue weighted by atomic mass is 10.0. The molecule has 2 rings (SSSR count). The molecule has 0 fully saturated rings. The fourth-order valence-electron chi connectivity index (χ4n) is 1.63. The van der Waals surface area contributed by atoms with Crippen molar-refractivity contribution in [3.8, 4) is 11.1 Å². The summed E-state index contributed by atoms with van der Waals surface area (Å²) in [4.78, 5) is 3.42. The summed E-state index contributed by atoms with van der Waals surface area (Å²) in [5.74, 6) is 0. The summed E-state index contributed by atoms with van der Waals surface area (Å²) >= 11 is 0. The van der Waals surface area contributed by atoms with Gasteiger partial charge in [-0.2, -0.15) is 26.3 Å². The molecule has 1 aromatic heterocycles. The number of rotatable bonds is 1. The zero-order chi connectivity index (χ0) is 15.0. The third-order valence-electron chi connectivity index (χ3n) is 2.59. The van der Waals surface area contributed by atoms with Crippen molar-refractivity contribution in [3.63, 3.8) is 0 Å². The molecule has 7 heteroatoms. The summed E-state index contributed by atoms with van der Waals surface area (Å²) in [5.41, 5.74) is -1.93. The van der Waals surface area contributed by atoms with Gasteiger partial charge < -0.3 is 0 Å². The van der Waals surface area contributed by atoms with Crippen LogP contribution in [-0.4, -0.2) is 4.98 Å². The molecule has 0 radical (unpaired) electrons. The molecule has 0 aliphatic rings. The van der Waals surface area contributed by atoms with E-state index in [4.69, 9.17) is 0 Å². The summed E-state index contributed by atoms with van der Waals surface area (Å²) < 4.78 is 75.3. The number of benzene rings is 1. The van der Waals surface area contributed by atoms with Crippen LogP contribution in [0.25, 0.3) is 11.1 Å². The van der Waals surface area contributed by atoms with Crippen LogP contribution in [0.15, 0.2) is 42.7 Å². The lowest BCUT2D eigenvalue weighted by molar-refractivity contribution is -0.138. The predicted octanol–water partition coefficient (Wildman–Crippen LogP) is 4.79. The maximum absolute atomic E-state index is 12.6. The van der Waals surface area contributed by atoms with Gasteiger partial charge in [0, 0.05) is 18.0 Å². The van der Waals surface area contributed by atoms with Crippen molar-refractivity contribution in [2.24, 2.45) is 0 Å². The Morgan fingerprint density at radius 3 is 1.90 bits per heavy atom. The maximum Gasteiger partial charge on any atom is 0.417 e. The molecular weight excluding hydrogens is 284 g/mol. The highest BCUT2D eigenvalue weighted by Crippen LogP contribution is 2.34. The van der Waals surface area contributed by atoms with Crippen LogP contribution >= 0.6 is 0 Å². The Morgan fingerprint density at radius 1 is 0.700 bits per heavy atom. The van der Waals surface area contributed by atoms with Crippen LogP contribution in [0, 0.1) is 0 Å². The molecule has 2 aromatic rings.